The van der Waals surface area contributed by atoms with Crippen LogP contribution in [0, 0.1) is 9.39 Å². The summed E-state index contributed by atoms with van der Waals surface area (Å²) in [5, 5.41) is 3.27. The molecule has 4 rings (SSSR count). The molecule has 11 heteroatoms. The van der Waals surface area contributed by atoms with Gasteiger partial charge in [0.2, 0.25) is 0 Å². The quantitative estimate of drug-likeness (QED) is 0.136. The van der Waals surface area contributed by atoms with Crippen molar-refractivity contribution in [2.24, 2.45) is 0 Å². The van der Waals surface area contributed by atoms with Gasteiger partial charge in [-0.3, -0.25) is 14.9 Å². The van der Waals surface area contributed by atoms with E-state index in [0.717, 1.165) is 14.0 Å². The third-order valence-electron chi connectivity index (χ3n) is 4.91. The van der Waals surface area contributed by atoms with E-state index in [1.54, 1.807) is 36.4 Å². The lowest BCUT2D eigenvalue weighted by atomic mass is 10.1. The lowest BCUT2D eigenvalue weighted by Crippen LogP contribution is -2.54. The minimum Gasteiger partial charge on any atom is -0.487 e. The number of ether oxygens (including phenoxy) is 1. The van der Waals surface area contributed by atoms with Crippen molar-refractivity contribution >= 4 is 103 Å². The zero-order chi connectivity index (χ0) is 25.3. The smallest absolute Gasteiger partial charge is 0.270 e. The van der Waals surface area contributed by atoms with Crippen LogP contribution in [0.5, 0.6) is 5.75 Å². The molecule has 0 bridgehead atoms. The van der Waals surface area contributed by atoms with E-state index in [9.17, 15) is 14.0 Å². The van der Waals surface area contributed by atoms with Crippen molar-refractivity contribution in [1.29, 1.82) is 0 Å². The van der Waals surface area contributed by atoms with Crippen molar-refractivity contribution in [2.45, 2.75) is 6.61 Å². The largest absolute Gasteiger partial charge is 0.487 e. The number of carbonyl (C=O) groups is 2. The van der Waals surface area contributed by atoms with E-state index >= 15 is 0 Å². The van der Waals surface area contributed by atoms with E-state index in [1.165, 1.54) is 24.3 Å². The highest BCUT2D eigenvalue weighted by Crippen LogP contribution is 2.34. The number of halogens is 5. The number of nitrogens with zero attached hydrogens (tertiary/aromatic N) is 1. The van der Waals surface area contributed by atoms with Gasteiger partial charge < -0.3 is 4.74 Å². The number of benzene rings is 3. The van der Waals surface area contributed by atoms with Crippen LogP contribution in [0.4, 0.5) is 10.1 Å². The van der Waals surface area contributed by atoms with Crippen LogP contribution in [0.1, 0.15) is 11.1 Å². The number of para-hydroxylation sites is 1. The Morgan fingerprint density at radius 2 is 1.89 bits per heavy atom. The molecule has 0 saturated carbocycles. The number of hydrogen-bond acceptors (Lipinski definition) is 4. The third-order valence-corrected chi connectivity index (χ3v) is 7.18. The molecule has 3 aromatic carbocycles. The van der Waals surface area contributed by atoms with Gasteiger partial charge in [-0.05, 0) is 98.8 Å². The van der Waals surface area contributed by atoms with Gasteiger partial charge in [-0.2, -0.15) is 0 Å². The van der Waals surface area contributed by atoms with Crippen molar-refractivity contribution in [3.8, 4) is 5.75 Å². The van der Waals surface area contributed by atoms with Gasteiger partial charge in [0.15, 0.2) is 5.11 Å². The molecule has 1 N–H and O–H groups in total. The fourth-order valence-electron chi connectivity index (χ4n) is 3.27. The first-order valence-electron chi connectivity index (χ1n) is 9.87. The zero-order valence-corrected chi connectivity index (χ0v) is 23.5. The zero-order valence-electron chi connectivity index (χ0n) is 17.5. The molecule has 0 spiro atoms. The van der Waals surface area contributed by atoms with E-state index in [-0.39, 0.29) is 23.0 Å². The molecule has 0 aromatic heterocycles. The Morgan fingerprint density at radius 3 is 2.57 bits per heavy atom. The molecule has 0 atom stereocenters. The van der Waals surface area contributed by atoms with E-state index in [4.69, 9.17) is 40.2 Å². The SMILES string of the molecule is O=C1NC(=S)N(c2ccccc2F)C(=O)/C1=C/c1cc(Br)c(OCc2ccc(Cl)cc2Cl)c(I)c1. The molecule has 3 aromatic rings. The van der Waals surface area contributed by atoms with Crippen LogP contribution < -0.4 is 15.0 Å². The highest BCUT2D eigenvalue weighted by Gasteiger charge is 2.35. The molecular formula is C24H13BrCl2FIN2O3S. The summed E-state index contributed by atoms with van der Waals surface area (Å²) in [6.07, 6.45) is 1.42. The normalized spacial score (nSPS) is 14.9. The van der Waals surface area contributed by atoms with Crippen LogP contribution in [0.3, 0.4) is 0 Å². The number of carbonyl (C=O) groups excluding carboxylic acids is 2. The van der Waals surface area contributed by atoms with Crippen LogP contribution in [0.15, 0.2) is 64.6 Å². The summed E-state index contributed by atoms with van der Waals surface area (Å²) in [6.45, 7) is 0.209. The molecule has 1 aliphatic rings. The van der Waals surface area contributed by atoms with Gasteiger partial charge >= 0.3 is 0 Å². The Hall–Kier alpha value is -2.05. The molecule has 1 saturated heterocycles. The summed E-state index contributed by atoms with van der Waals surface area (Å²) in [6, 6.07) is 14.3. The van der Waals surface area contributed by atoms with Gasteiger partial charge in [0.1, 0.15) is 23.7 Å². The topological polar surface area (TPSA) is 58.6 Å². The maximum Gasteiger partial charge on any atom is 0.270 e. The monoisotopic (exact) mass is 704 g/mol. The highest BCUT2D eigenvalue weighted by molar-refractivity contribution is 14.1. The second-order valence-corrected chi connectivity index (χ2v) is 10.5. The lowest BCUT2D eigenvalue weighted by Gasteiger charge is -2.29. The first kappa shape index (κ1) is 26.0. The summed E-state index contributed by atoms with van der Waals surface area (Å²) < 4.78 is 21.6. The minimum atomic E-state index is -0.729. The Kier molecular flexibility index (Phi) is 8.12. The van der Waals surface area contributed by atoms with E-state index in [1.807, 2.05) is 0 Å². The van der Waals surface area contributed by atoms with Crippen LogP contribution in [-0.2, 0) is 16.2 Å². The Bertz CT molecular complexity index is 1400. The molecule has 0 unspecified atom stereocenters. The standard InChI is InChI=1S/C24H13BrCl2FIN2O3S/c25-16-8-12(9-19(29)21(16)34-11-13-5-6-14(26)10-17(13)27)7-15-22(32)30-24(35)31(23(15)33)20-4-2-1-3-18(20)28/h1-10H,11H2,(H,30,32,35)/b15-7+. The number of hydrogen-bond donors (Lipinski definition) is 1. The Morgan fingerprint density at radius 1 is 1.14 bits per heavy atom. The maximum absolute atomic E-state index is 14.3. The van der Waals surface area contributed by atoms with E-state index < -0.39 is 17.6 Å². The van der Waals surface area contributed by atoms with Crippen molar-refractivity contribution in [2.75, 3.05) is 4.90 Å². The van der Waals surface area contributed by atoms with Gasteiger partial charge in [-0.1, -0.05) is 41.4 Å². The van der Waals surface area contributed by atoms with Crippen LogP contribution in [0.2, 0.25) is 10.0 Å². The molecular weight excluding hydrogens is 693 g/mol. The van der Waals surface area contributed by atoms with Crippen LogP contribution in [-0.4, -0.2) is 16.9 Å². The molecule has 178 valence electrons. The Labute approximate surface area is 237 Å². The number of amides is 2. The van der Waals surface area contributed by atoms with Gasteiger partial charge in [-0.25, -0.2) is 9.29 Å². The van der Waals surface area contributed by atoms with E-state index in [2.05, 4.69) is 43.8 Å². The molecule has 1 heterocycles. The predicted molar refractivity (Wildman–Crippen MR) is 150 cm³/mol. The maximum atomic E-state index is 14.3. The first-order valence-corrected chi connectivity index (χ1v) is 12.9. The second-order valence-electron chi connectivity index (χ2n) is 7.25. The summed E-state index contributed by atoms with van der Waals surface area (Å²) in [5.74, 6) is -1.48. The molecule has 35 heavy (non-hydrogen) atoms. The molecule has 0 aliphatic carbocycles. The molecule has 0 radical (unpaired) electrons. The van der Waals surface area contributed by atoms with Crippen LogP contribution in [0.25, 0.3) is 6.08 Å². The summed E-state index contributed by atoms with van der Waals surface area (Å²) in [7, 11) is 0. The molecule has 5 nitrogen and oxygen atoms in total. The summed E-state index contributed by atoms with van der Waals surface area (Å²) >= 11 is 22.9. The van der Waals surface area contributed by atoms with Gasteiger partial charge in [0.25, 0.3) is 11.8 Å². The summed E-state index contributed by atoms with van der Waals surface area (Å²) in [4.78, 5) is 26.7. The minimum absolute atomic E-state index is 0.0474. The highest BCUT2D eigenvalue weighted by atomic mass is 127. The van der Waals surface area contributed by atoms with Crippen LogP contribution >= 0.6 is 73.9 Å². The first-order chi connectivity index (χ1) is 16.7. The van der Waals surface area contributed by atoms with Gasteiger partial charge in [0, 0.05) is 15.6 Å². The fraction of sp³-hybridized carbons (Fsp3) is 0.0417. The van der Waals surface area contributed by atoms with Crippen molar-refractivity contribution < 1.29 is 18.7 Å². The van der Waals surface area contributed by atoms with Crippen molar-refractivity contribution in [3.63, 3.8) is 0 Å². The average Bonchev–Trinajstić information content (AvgIpc) is 2.78. The molecule has 1 fully saturated rings. The summed E-state index contributed by atoms with van der Waals surface area (Å²) in [5.41, 5.74) is 1.08. The second kappa shape index (κ2) is 10.9. The molecule has 1 aliphatic heterocycles. The van der Waals surface area contributed by atoms with E-state index in [0.29, 0.717) is 25.8 Å². The average molecular weight is 706 g/mol. The van der Waals surface area contributed by atoms with Crippen molar-refractivity contribution in [1.82, 2.24) is 5.32 Å². The third kappa shape index (κ3) is 5.69. The number of nitrogens with one attached hydrogen (secondary N) is 1. The van der Waals surface area contributed by atoms with Crippen molar-refractivity contribution in [3.05, 3.63) is 95.2 Å². The predicted octanol–water partition coefficient (Wildman–Crippen LogP) is 6.91. The molecule has 2 amide bonds. The Balaban J connectivity index is 1.62. The van der Waals surface area contributed by atoms with Gasteiger partial charge in [0.05, 0.1) is 13.7 Å². The fourth-order valence-corrected chi connectivity index (χ4v) is 5.77. The number of rotatable bonds is 5. The lowest BCUT2D eigenvalue weighted by molar-refractivity contribution is -0.122. The number of thiocarbonyl (C=S) groups is 1. The number of anilines is 1. The van der Waals surface area contributed by atoms with Gasteiger partial charge in [-0.15, -0.1) is 0 Å².